The number of hydrogen-bond donors (Lipinski definition) is 1. The molecule has 1 aliphatic rings. The van der Waals surface area contributed by atoms with Gasteiger partial charge in [0.2, 0.25) is 0 Å². The van der Waals surface area contributed by atoms with Gasteiger partial charge in [-0.05, 0) is 26.7 Å². The maximum Gasteiger partial charge on any atom is 0.254 e. The number of nitrogens with two attached hydrogens (primary N) is 1. The van der Waals surface area contributed by atoms with Crippen molar-refractivity contribution in [1.82, 2.24) is 4.90 Å². The topological polar surface area (TPSA) is 55.6 Å². The number of hydrogen-bond acceptors (Lipinski definition) is 3. The van der Waals surface area contributed by atoms with Gasteiger partial charge in [-0.1, -0.05) is 12.8 Å². The molecule has 4 heteroatoms. The molecule has 1 saturated heterocycles. The van der Waals surface area contributed by atoms with Crippen LogP contribution in [0.5, 0.6) is 0 Å². The Hall–Kier alpha value is -0.610. The van der Waals surface area contributed by atoms with E-state index in [4.69, 9.17) is 10.5 Å². The summed E-state index contributed by atoms with van der Waals surface area (Å²) in [6.07, 6.45) is 4.44. The van der Waals surface area contributed by atoms with Gasteiger partial charge in [0.15, 0.2) is 0 Å². The first-order chi connectivity index (χ1) is 7.53. The van der Waals surface area contributed by atoms with Crippen LogP contribution in [-0.2, 0) is 9.53 Å². The van der Waals surface area contributed by atoms with Crippen LogP contribution in [0.4, 0.5) is 0 Å². The van der Waals surface area contributed by atoms with Crippen LogP contribution in [0.1, 0.15) is 39.5 Å². The van der Waals surface area contributed by atoms with Crippen molar-refractivity contribution in [2.45, 2.75) is 51.2 Å². The first-order valence-electron chi connectivity index (χ1n) is 6.09. The molecular formula is C12H24N2O2. The van der Waals surface area contributed by atoms with Gasteiger partial charge < -0.3 is 15.4 Å². The largest absolute Gasteiger partial charge is 0.369 e. The van der Waals surface area contributed by atoms with Crippen molar-refractivity contribution in [2.75, 3.05) is 20.2 Å². The van der Waals surface area contributed by atoms with Crippen LogP contribution < -0.4 is 5.73 Å². The second-order valence-corrected chi connectivity index (χ2v) is 4.95. The van der Waals surface area contributed by atoms with E-state index < -0.39 is 5.60 Å². The Balaban J connectivity index is 2.77. The standard InChI is InChI=1S/C12H24N2O2/c1-12(2,16-3)11(15)14-8-6-4-5-7-10(14)9-13/h10H,4-9,13H2,1-3H3. The summed E-state index contributed by atoms with van der Waals surface area (Å²) in [6, 6.07) is 0.185. The molecule has 0 radical (unpaired) electrons. The van der Waals surface area contributed by atoms with Crippen LogP contribution >= 0.6 is 0 Å². The summed E-state index contributed by atoms with van der Waals surface area (Å²) in [5.74, 6) is 0.0624. The predicted octanol–water partition coefficient (Wildman–Crippen LogP) is 1.14. The second-order valence-electron chi connectivity index (χ2n) is 4.95. The molecule has 0 aromatic carbocycles. The summed E-state index contributed by atoms with van der Waals surface area (Å²) >= 11 is 0. The van der Waals surface area contributed by atoms with Crippen LogP contribution in [-0.4, -0.2) is 42.6 Å². The lowest BCUT2D eigenvalue weighted by Gasteiger charge is -2.35. The third kappa shape index (κ3) is 2.95. The molecule has 1 atom stereocenters. The van der Waals surface area contributed by atoms with E-state index in [1.165, 1.54) is 12.8 Å². The number of likely N-dealkylation sites (tertiary alicyclic amines) is 1. The van der Waals surface area contributed by atoms with Crippen LogP contribution in [0.15, 0.2) is 0 Å². The molecule has 2 N–H and O–H groups in total. The molecule has 4 nitrogen and oxygen atoms in total. The van der Waals surface area contributed by atoms with E-state index in [2.05, 4.69) is 0 Å². The molecule has 0 saturated carbocycles. The van der Waals surface area contributed by atoms with E-state index in [1.54, 1.807) is 7.11 Å². The van der Waals surface area contributed by atoms with Crippen molar-refractivity contribution in [3.05, 3.63) is 0 Å². The summed E-state index contributed by atoms with van der Waals surface area (Å²) in [6.45, 7) is 4.99. The van der Waals surface area contributed by atoms with Crippen LogP contribution in [0.3, 0.4) is 0 Å². The van der Waals surface area contributed by atoms with Gasteiger partial charge in [0.1, 0.15) is 5.60 Å². The highest BCUT2D eigenvalue weighted by molar-refractivity contribution is 5.84. The number of rotatable bonds is 3. The summed E-state index contributed by atoms with van der Waals surface area (Å²) in [5, 5.41) is 0. The molecule has 16 heavy (non-hydrogen) atoms. The molecular weight excluding hydrogens is 204 g/mol. The third-order valence-electron chi connectivity index (χ3n) is 3.44. The van der Waals surface area contributed by atoms with Gasteiger partial charge in [-0.25, -0.2) is 0 Å². The Morgan fingerprint density at radius 2 is 2.12 bits per heavy atom. The first kappa shape index (κ1) is 13.5. The minimum absolute atomic E-state index is 0.0624. The van der Waals surface area contributed by atoms with Crippen molar-refractivity contribution in [3.8, 4) is 0 Å². The van der Waals surface area contributed by atoms with Crippen molar-refractivity contribution in [3.63, 3.8) is 0 Å². The normalized spacial score (nSPS) is 23.0. The number of amides is 1. The minimum Gasteiger partial charge on any atom is -0.369 e. The second kappa shape index (κ2) is 5.64. The summed E-state index contributed by atoms with van der Waals surface area (Å²) in [7, 11) is 1.58. The lowest BCUT2D eigenvalue weighted by Crippen LogP contribution is -2.52. The van der Waals surface area contributed by atoms with E-state index in [9.17, 15) is 4.79 Å². The van der Waals surface area contributed by atoms with E-state index in [1.807, 2.05) is 18.7 Å². The van der Waals surface area contributed by atoms with Crippen molar-refractivity contribution in [2.24, 2.45) is 5.73 Å². The molecule has 1 unspecified atom stereocenters. The highest BCUT2D eigenvalue weighted by Crippen LogP contribution is 2.21. The molecule has 1 rings (SSSR count). The van der Waals surface area contributed by atoms with Gasteiger partial charge >= 0.3 is 0 Å². The monoisotopic (exact) mass is 228 g/mol. The van der Waals surface area contributed by atoms with Gasteiger partial charge in [-0.2, -0.15) is 0 Å². The molecule has 0 spiro atoms. The van der Waals surface area contributed by atoms with Crippen molar-refractivity contribution in [1.29, 1.82) is 0 Å². The van der Waals surface area contributed by atoms with Crippen LogP contribution in [0.25, 0.3) is 0 Å². The van der Waals surface area contributed by atoms with E-state index >= 15 is 0 Å². The van der Waals surface area contributed by atoms with E-state index in [-0.39, 0.29) is 11.9 Å². The molecule has 1 amide bonds. The zero-order valence-corrected chi connectivity index (χ0v) is 10.7. The molecule has 1 fully saturated rings. The molecule has 0 aromatic rings. The number of ether oxygens (including phenoxy) is 1. The Morgan fingerprint density at radius 3 is 2.69 bits per heavy atom. The summed E-state index contributed by atoms with van der Waals surface area (Å²) in [5.41, 5.74) is 5.01. The Morgan fingerprint density at radius 1 is 1.44 bits per heavy atom. The quantitative estimate of drug-likeness (QED) is 0.788. The Kier molecular flexibility index (Phi) is 4.74. The number of nitrogens with zero attached hydrogens (tertiary/aromatic N) is 1. The molecule has 0 bridgehead atoms. The summed E-state index contributed by atoms with van der Waals surface area (Å²) in [4.78, 5) is 14.2. The zero-order chi connectivity index (χ0) is 12.2. The van der Waals surface area contributed by atoms with Crippen molar-refractivity contribution >= 4 is 5.91 Å². The van der Waals surface area contributed by atoms with Crippen LogP contribution in [0.2, 0.25) is 0 Å². The minimum atomic E-state index is -0.738. The number of carbonyl (C=O) groups excluding carboxylic acids is 1. The maximum absolute atomic E-state index is 12.3. The zero-order valence-electron chi connectivity index (χ0n) is 10.7. The lowest BCUT2D eigenvalue weighted by molar-refractivity contribution is -0.153. The Bertz CT molecular complexity index is 241. The predicted molar refractivity (Wildman–Crippen MR) is 64.1 cm³/mol. The fourth-order valence-electron chi connectivity index (χ4n) is 2.12. The maximum atomic E-state index is 12.3. The van der Waals surface area contributed by atoms with E-state index in [0.717, 1.165) is 19.4 Å². The number of carbonyl (C=O) groups is 1. The Labute approximate surface area is 98.1 Å². The van der Waals surface area contributed by atoms with E-state index in [0.29, 0.717) is 6.54 Å². The summed E-state index contributed by atoms with van der Waals surface area (Å²) < 4.78 is 5.25. The molecule has 0 aliphatic carbocycles. The fourth-order valence-corrected chi connectivity index (χ4v) is 2.12. The van der Waals surface area contributed by atoms with Gasteiger partial charge in [0, 0.05) is 26.2 Å². The smallest absolute Gasteiger partial charge is 0.254 e. The third-order valence-corrected chi connectivity index (χ3v) is 3.44. The fraction of sp³-hybridized carbons (Fsp3) is 0.917. The van der Waals surface area contributed by atoms with Crippen LogP contribution in [0, 0.1) is 0 Å². The SMILES string of the molecule is COC(C)(C)C(=O)N1CCCCCC1CN. The molecule has 1 aliphatic heterocycles. The number of methoxy groups -OCH3 is 1. The highest BCUT2D eigenvalue weighted by Gasteiger charge is 2.35. The molecule has 1 heterocycles. The first-order valence-corrected chi connectivity index (χ1v) is 6.09. The average Bonchev–Trinajstić information content (AvgIpc) is 2.52. The average molecular weight is 228 g/mol. The lowest BCUT2D eigenvalue weighted by atomic mass is 10.0. The van der Waals surface area contributed by atoms with Gasteiger partial charge in [-0.15, -0.1) is 0 Å². The highest BCUT2D eigenvalue weighted by atomic mass is 16.5. The molecule has 94 valence electrons. The van der Waals surface area contributed by atoms with Gasteiger partial charge in [0.05, 0.1) is 0 Å². The van der Waals surface area contributed by atoms with Gasteiger partial charge in [-0.3, -0.25) is 4.79 Å². The van der Waals surface area contributed by atoms with Crippen molar-refractivity contribution < 1.29 is 9.53 Å². The molecule has 0 aromatic heterocycles. The van der Waals surface area contributed by atoms with Gasteiger partial charge in [0.25, 0.3) is 5.91 Å².